The van der Waals surface area contributed by atoms with Gasteiger partial charge in [-0.15, -0.1) is 0 Å². The van der Waals surface area contributed by atoms with E-state index in [2.05, 4.69) is 15.5 Å². The second-order valence-corrected chi connectivity index (χ2v) is 5.25. The maximum absolute atomic E-state index is 10.1. The van der Waals surface area contributed by atoms with Crippen molar-refractivity contribution < 1.29 is 5.11 Å². The van der Waals surface area contributed by atoms with E-state index in [9.17, 15) is 5.11 Å². The minimum atomic E-state index is -0.713. The van der Waals surface area contributed by atoms with E-state index in [1.807, 2.05) is 39.8 Å². The number of nitrogens with zero attached hydrogens (tertiary/aromatic N) is 2. The predicted molar refractivity (Wildman–Crippen MR) is 68.9 cm³/mol. The molecule has 0 spiro atoms. The molecule has 5 nitrogen and oxygen atoms in total. The Kier molecular flexibility index (Phi) is 4.68. The van der Waals surface area contributed by atoms with Crippen LogP contribution in [0.3, 0.4) is 0 Å². The molecule has 0 saturated heterocycles. The van der Waals surface area contributed by atoms with E-state index in [-0.39, 0.29) is 0 Å². The summed E-state index contributed by atoms with van der Waals surface area (Å²) in [5.74, 6) is 0. The van der Waals surface area contributed by atoms with Crippen molar-refractivity contribution in [3.05, 3.63) is 17.0 Å². The summed E-state index contributed by atoms with van der Waals surface area (Å²) in [6, 6.07) is 0. The highest BCUT2D eigenvalue weighted by Gasteiger charge is 2.20. The molecule has 0 aliphatic carbocycles. The van der Waals surface area contributed by atoms with Gasteiger partial charge in [0, 0.05) is 30.9 Å². The second kappa shape index (κ2) is 5.62. The number of hydrogen-bond donors (Lipinski definition) is 3. The van der Waals surface area contributed by atoms with Crippen molar-refractivity contribution in [1.82, 2.24) is 20.4 Å². The number of aryl methyl sites for hydroxylation is 2. The number of aliphatic hydroxyl groups is 1. The van der Waals surface area contributed by atoms with Crippen LogP contribution >= 0.6 is 0 Å². The van der Waals surface area contributed by atoms with Crippen LogP contribution in [-0.4, -0.2) is 53.0 Å². The minimum absolute atomic E-state index is 0.565. The van der Waals surface area contributed by atoms with Gasteiger partial charge in [0.1, 0.15) is 0 Å². The van der Waals surface area contributed by atoms with Crippen LogP contribution in [-0.2, 0) is 6.54 Å². The summed E-state index contributed by atoms with van der Waals surface area (Å²) in [5.41, 5.74) is 2.57. The maximum Gasteiger partial charge on any atom is 0.0869 e. The molecule has 5 heteroatoms. The van der Waals surface area contributed by atoms with Crippen molar-refractivity contribution in [2.24, 2.45) is 0 Å². The van der Waals surface area contributed by atoms with Gasteiger partial charge in [0.25, 0.3) is 0 Å². The van der Waals surface area contributed by atoms with Gasteiger partial charge in [-0.05, 0) is 34.9 Å². The Labute approximate surface area is 103 Å². The van der Waals surface area contributed by atoms with Gasteiger partial charge in [-0.3, -0.25) is 5.10 Å². The van der Waals surface area contributed by atoms with E-state index in [1.165, 1.54) is 5.56 Å². The van der Waals surface area contributed by atoms with Crippen molar-refractivity contribution in [3.63, 3.8) is 0 Å². The van der Waals surface area contributed by atoms with Gasteiger partial charge < -0.3 is 15.3 Å². The maximum atomic E-state index is 10.1. The zero-order chi connectivity index (χ0) is 13.1. The van der Waals surface area contributed by atoms with Gasteiger partial charge in [0.05, 0.1) is 11.3 Å². The van der Waals surface area contributed by atoms with Crippen molar-refractivity contribution in [1.29, 1.82) is 0 Å². The molecular formula is C12H24N4O. The number of H-pyrrole nitrogens is 1. The van der Waals surface area contributed by atoms with Crippen molar-refractivity contribution >= 4 is 0 Å². The Hall–Kier alpha value is -0.910. The Morgan fingerprint density at radius 2 is 2.06 bits per heavy atom. The van der Waals surface area contributed by atoms with Crippen molar-refractivity contribution in [2.75, 3.05) is 27.2 Å². The van der Waals surface area contributed by atoms with E-state index >= 15 is 0 Å². The molecule has 17 heavy (non-hydrogen) atoms. The lowest BCUT2D eigenvalue weighted by Crippen LogP contribution is -2.45. The molecule has 0 aliphatic rings. The smallest absolute Gasteiger partial charge is 0.0869 e. The van der Waals surface area contributed by atoms with E-state index in [1.54, 1.807) is 0 Å². The molecule has 3 N–H and O–H groups in total. The van der Waals surface area contributed by atoms with Gasteiger partial charge in [0.2, 0.25) is 0 Å². The molecule has 0 fully saturated rings. The third kappa shape index (κ3) is 4.46. The third-order valence-corrected chi connectivity index (χ3v) is 2.75. The fourth-order valence-electron chi connectivity index (χ4n) is 2.03. The van der Waals surface area contributed by atoms with Crippen LogP contribution in [0.5, 0.6) is 0 Å². The van der Waals surface area contributed by atoms with Gasteiger partial charge in [-0.25, -0.2) is 0 Å². The largest absolute Gasteiger partial charge is 0.388 e. The summed E-state index contributed by atoms with van der Waals surface area (Å²) in [7, 11) is 3.91. The minimum Gasteiger partial charge on any atom is -0.388 e. The van der Waals surface area contributed by atoms with E-state index in [0.717, 1.165) is 17.9 Å². The standard InChI is InChI=1S/C12H24N4O/c1-9-11(10(2)15-14-9)6-13-7-12(3,17)8-16(4)5/h13,17H,6-8H2,1-5H3,(H,14,15). The normalized spacial score (nSPS) is 15.2. The summed E-state index contributed by atoms with van der Waals surface area (Å²) in [6.07, 6.45) is 0. The highest BCUT2D eigenvalue weighted by atomic mass is 16.3. The summed E-state index contributed by atoms with van der Waals surface area (Å²) < 4.78 is 0. The topological polar surface area (TPSA) is 64.2 Å². The monoisotopic (exact) mass is 240 g/mol. The summed E-state index contributed by atoms with van der Waals surface area (Å²) in [6.45, 7) is 7.78. The zero-order valence-corrected chi connectivity index (χ0v) is 11.5. The van der Waals surface area contributed by atoms with Crippen LogP contribution in [0.2, 0.25) is 0 Å². The van der Waals surface area contributed by atoms with Gasteiger partial charge >= 0.3 is 0 Å². The summed E-state index contributed by atoms with van der Waals surface area (Å²) >= 11 is 0. The lowest BCUT2D eigenvalue weighted by atomic mass is 10.1. The number of nitrogens with one attached hydrogen (secondary N) is 2. The molecule has 1 rings (SSSR count). The number of aromatic nitrogens is 2. The first-order valence-electron chi connectivity index (χ1n) is 5.90. The molecule has 0 amide bonds. The fourth-order valence-corrected chi connectivity index (χ4v) is 2.03. The molecule has 0 aliphatic heterocycles. The number of hydrogen-bond acceptors (Lipinski definition) is 4. The first-order chi connectivity index (χ1) is 7.82. The van der Waals surface area contributed by atoms with Crippen molar-refractivity contribution in [3.8, 4) is 0 Å². The van der Waals surface area contributed by atoms with E-state index < -0.39 is 5.60 Å². The van der Waals surface area contributed by atoms with Crippen LogP contribution in [0.4, 0.5) is 0 Å². The van der Waals surface area contributed by atoms with Gasteiger partial charge in [-0.1, -0.05) is 0 Å². The number of rotatable bonds is 6. The molecule has 0 saturated carbocycles. The molecule has 1 aromatic heterocycles. The average molecular weight is 240 g/mol. The lowest BCUT2D eigenvalue weighted by molar-refractivity contribution is 0.0335. The predicted octanol–water partition coefficient (Wildman–Crippen LogP) is 0.429. The molecule has 0 aromatic carbocycles. The van der Waals surface area contributed by atoms with Crippen LogP contribution in [0.25, 0.3) is 0 Å². The van der Waals surface area contributed by atoms with E-state index in [0.29, 0.717) is 13.1 Å². The highest BCUT2D eigenvalue weighted by Crippen LogP contribution is 2.09. The molecule has 1 atom stereocenters. The first kappa shape index (κ1) is 14.2. The van der Waals surface area contributed by atoms with Crippen LogP contribution in [0.15, 0.2) is 0 Å². The molecule has 1 aromatic rings. The Morgan fingerprint density at radius 3 is 2.53 bits per heavy atom. The molecule has 98 valence electrons. The van der Waals surface area contributed by atoms with Crippen molar-refractivity contribution in [2.45, 2.75) is 32.9 Å². The SMILES string of the molecule is Cc1n[nH]c(C)c1CNCC(C)(O)CN(C)C. The van der Waals surface area contributed by atoms with E-state index in [4.69, 9.17) is 0 Å². The first-order valence-corrected chi connectivity index (χ1v) is 5.90. The third-order valence-electron chi connectivity index (χ3n) is 2.75. The second-order valence-electron chi connectivity index (χ2n) is 5.25. The zero-order valence-electron chi connectivity index (χ0n) is 11.5. The molecule has 0 radical (unpaired) electrons. The number of likely N-dealkylation sites (N-methyl/N-ethyl adjacent to an activating group) is 1. The Balaban J connectivity index is 2.42. The average Bonchev–Trinajstić information content (AvgIpc) is 2.46. The number of aromatic amines is 1. The van der Waals surface area contributed by atoms with Gasteiger partial charge in [-0.2, -0.15) is 5.10 Å². The Morgan fingerprint density at radius 1 is 1.41 bits per heavy atom. The summed E-state index contributed by atoms with van der Waals surface area (Å²) in [4.78, 5) is 1.98. The lowest BCUT2D eigenvalue weighted by Gasteiger charge is -2.27. The van der Waals surface area contributed by atoms with Crippen LogP contribution in [0, 0.1) is 13.8 Å². The molecule has 1 heterocycles. The Bertz CT molecular complexity index is 338. The van der Waals surface area contributed by atoms with Crippen LogP contribution < -0.4 is 5.32 Å². The van der Waals surface area contributed by atoms with Crippen LogP contribution in [0.1, 0.15) is 23.9 Å². The molecule has 0 bridgehead atoms. The quantitative estimate of drug-likeness (QED) is 0.675. The fraction of sp³-hybridized carbons (Fsp3) is 0.750. The molecular weight excluding hydrogens is 216 g/mol. The summed E-state index contributed by atoms with van der Waals surface area (Å²) in [5, 5.41) is 20.5. The highest BCUT2D eigenvalue weighted by molar-refractivity contribution is 5.22. The van der Waals surface area contributed by atoms with Gasteiger partial charge in [0.15, 0.2) is 0 Å². The molecule has 1 unspecified atom stereocenters.